The average Bonchev–Trinajstić information content (AvgIpc) is 3.17. The van der Waals surface area contributed by atoms with Gasteiger partial charge in [-0.25, -0.2) is 4.68 Å². The molecule has 0 bridgehead atoms. The van der Waals surface area contributed by atoms with Crippen LogP contribution < -0.4 is 5.32 Å². The summed E-state index contributed by atoms with van der Waals surface area (Å²) in [6.45, 7) is 14.7. The number of carbonyl (C=O) groups excluding carboxylic acids is 2. The number of aryl methyl sites for hydroxylation is 1. The van der Waals surface area contributed by atoms with Crippen LogP contribution in [-0.4, -0.2) is 33.0 Å². The van der Waals surface area contributed by atoms with Gasteiger partial charge in [0, 0.05) is 24.4 Å². The molecule has 3 rings (SSSR count). The van der Waals surface area contributed by atoms with Crippen molar-refractivity contribution in [2.75, 3.05) is 11.9 Å². The van der Waals surface area contributed by atoms with Gasteiger partial charge in [0.15, 0.2) is 0 Å². The molecule has 35 heavy (non-hydrogen) atoms. The number of carbonyl (C=O) groups is 2. The maximum Gasteiger partial charge on any atom is 0.245 e. The first-order valence-corrected chi connectivity index (χ1v) is 12.1. The maximum absolute atomic E-state index is 13.2. The lowest BCUT2D eigenvalue weighted by Crippen LogP contribution is -2.39. The van der Waals surface area contributed by atoms with Crippen molar-refractivity contribution < 1.29 is 9.59 Å². The van der Waals surface area contributed by atoms with E-state index in [1.54, 1.807) is 9.58 Å². The second-order valence-corrected chi connectivity index (χ2v) is 11.4. The van der Waals surface area contributed by atoms with Crippen molar-refractivity contribution in [3.05, 3.63) is 77.5 Å². The van der Waals surface area contributed by atoms with Crippen LogP contribution >= 0.6 is 0 Å². The lowest BCUT2D eigenvalue weighted by atomic mass is 9.91. The molecule has 0 unspecified atom stereocenters. The van der Waals surface area contributed by atoms with E-state index in [1.807, 2.05) is 88.4 Å². The molecule has 0 saturated carbocycles. The van der Waals surface area contributed by atoms with Crippen molar-refractivity contribution in [2.45, 2.75) is 66.8 Å². The molecule has 2 aromatic carbocycles. The highest BCUT2D eigenvalue weighted by molar-refractivity contribution is 5.94. The van der Waals surface area contributed by atoms with Crippen molar-refractivity contribution >= 4 is 17.6 Å². The monoisotopic (exact) mass is 474 g/mol. The summed E-state index contributed by atoms with van der Waals surface area (Å²) in [5, 5.41) is 7.82. The highest BCUT2D eigenvalue weighted by Crippen LogP contribution is 2.27. The van der Waals surface area contributed by atoms with Gasteiger partial charge < -0.3 is 10.2 Å². The minimum absolute atomic E-state index is 0.0341. The first kappa shape index (κ1) is 26.2. The summed E-state index contributed by atoms with van der Waals surface area (Å²) in [7, 11) is 0. The van der Waals surface area contributed by atoms with Gasteiger partial charge >= 0.3 is 0 Å². The first-order valence-electron chi connectivity index (χ1n) is 12.1. The van der Waals surface area contributed by atoms with Gasteiger partial charge in [-0.05, 0) is 35.6 Å². The molecule has 2 amide bonds. The average molecular weight is 475 g/mol. The van der Waals surface area contributed by atoms with Crippen molar-refractivity contribution in [3.63, 3.8) is 0 Å². The molecule has 186 valence electrons. The van der Waals surface area contributed by atoms with Gasteiger partial charge in [-0.3, -0.25) is 9.59 Å². The summed E-state index contributed by atoms with van der Waals surface area (Å²) in [4.78, 5) is 28.0. The van der Waals surface area contributed by atoms with Crippen LogP contribution in [0.15, 0.2) is 60.7 Å². The Morgan fingerprint density at radius 1 is 0.943 bits per heavy atom. The summed E-state index contributed by atoms with van der Waals surface area (Å²) in [5.41, 5.74) is 3.49. The van der Waals surface area contributed by atoms with Crippen LogP contribution in [0.25, 0.3) is 5.69 Å². The van der Waals surface area contributed by atoms with Gasteiger partial charge in [0.05, 0.1) is 11.4 Å². The minimum Gasteiger partial charge on any atom is -0.329 e. The predicted octanol–water partition coefficient (Wildman–Crippen LogP) is 5.88. The molecule has 1 N–H and O–H groups in total. The zero-order valence-electron chi connectivity index (χ0n) is 22.1. The summed E-state index contributed by atoms with van der Waals surface area (Å²) in [5.74, 6) is 0.296. The molecule has 0 saturated heterocycles. The van der Waals surface area contributed by atoms with Gasteiger partial charge in [0.25, 0.3) is 0 Å². The second kappa shape index (κ2) is 10.5. The number of benzene rings is 2. The molecule has 1 aromatic heterocycles. The Morgan fingerprint density at radius 2 is 1.63 bits per heavy atom. The summed E-state index contributed by atoms with van der Waals surface area (Å²) in [6, 6.07) is 19.7. The molecule has 3 aromatic rings. The fraction of sp³-hybridized carbons (Fsp3) is 0.414. The third-order valence-electron chi connectivity index (χ3n) is 5.58. The van der Waals surface area contributed by atoms with E-state index in [-0.39, 0.29) is 29.2 Å². The third kappa shape index (κ3) is 7.54. The Labute approximate surface area is 209 Å². The lowest BCUT2D eigenvalue weighted by molar-refractivity contribution is -0.136. The molecule has 6 nitrogen and oxygen atoms in total. The molecule has 0 atom stereocenters. The smallest absolute Gasteiger partial charge is 0.245 e. The molecule has 0 aliphatic carbocycles. The Bertz CT molecular complexity index is 1170. The lowest BCUT2D eigenvalue weighted by Gasteiger charge is -2.26. The fourth-order valence-corrected chi connectivity index (χ4v) is 3.75. The van der Waals surface area contributed by atoms with Crippen LogP contribution in [0.3, 0.4) is 0 Å². The van der Waals surface area contributed by atoms with E-state index in [0.29, 0.717) is 18.8 Å². The highest BCUT2D eigenvalue weighted by Gasteiger charge is 2.25. The number of hydrogen-bond donors (Lipinski definition) is 1. The molecule has 6 heteroatoms. The summed E-state index contributed by atoms with van der Waals surface area (Å²) < 4.78 is 1.77. The van der Waals surface area contributed by atoms with Crippen LogP contribution in [0.4, 0.5) is 5.82 Å². The molecule has 0 spiro atoms. The summed E-state index contributed by atoms with van der Waals surface area (Å²) in [6.07, 6.45) is 0.364. The Morgan fingerprint density at radius 3 is 2.23 bits per heavy atom. The zero-order valence-corrected chi connectivity index (χ0v) is 22.1. The topological polar surface area (TPSA) is 67.2 Å². The Balaban J connectivity index is 1.87. The van der Waals surface area contributed by atoms with E-state index in [2.05, 4.69) is 26.1 Å². The Kier molecular flexibility index (Phi) is 7.83. The molecule has 0 fully saturated rings. The number of amides is 2. The van der Waals surface area contributed by atoms with E-state index < -0.39 is 0 Å². The molecule has 1 heterocycles. The normalized spacial score (nSPS) is 11.9. The van der Waals surface area contributed by atoms with Crippen LogP contribution in [0.1, 0.15) is 64.8 Å². The Hall–Kier alpha value is -3.41. The maximum atomic E-state index is 13.2. The van der Waals surface area contributed by atoms with E-state index >= 15 is 0 Å². The zero-order chi connectivity index (χ0) is 25.8. The highest BCUT2D eigenvalue weighted by atomic mass is 16.2. The van der Waals surface area contributed by atoms with Gasteiger partial charge in [0.1, 0.15) is 12.4 Å². The molecular weight excluding hydrogens is 436 g/mol. The van der Waals surface area contributed by atoms with Crippen LogP contribution in [0.2, 0.25) is 0 Å². The van der Waals surface area contributed by atoms with Gasteiger partial charge in [-0.2, -0.15) is 5.10 Å². The second-order valence-electron chi connectivity index (χ2n) is 11.4. The number of rotatable bonds is 7. The molecule has 0 aliphatic heterocycles. The van der Waals surface area contributed by atoms with E-state index in [9.17, 15) is 9.59 Å². The largest absolute Gasteiger partial charge is 0.329 e. The van der Waals surface area contributed by atoms with Gasteiger partial charge in [-0.1, -0.05) is 84.0 Å². The fourth-order valence-electron chi connectivity index (χ4n) is 3.75. The summed E-state index contributed by atoms with van der Waals surface area (Å²) >= 11 is 0. The quantitative estimate of drug-likeness (QED) is 0.465. The van der Waals surface area contributed by atoms with Crippen molar-refractivity contribution in [3.8, 4) is 5.69 Å². The molecule has 0 radical (unpaired) electrons. The van der Waals surface area contributed by atoms with Crippen LogP contribution in [-0.2, 0) is 21.5 Å². The van der Waals surface area contributed by atoms with Crippen molar-refractivity contribution in [1.29, 1.82) is 0 Å². The van der Waals surface area contributed by atoms with Crippen LogP contribution in [0, 0.1) is 12.3 Å². The van der Waals surface area contributed by atoms with Crippen molar-refractivity contribution in [2.24, 2.45) is 5.41 Å². The number of hydrogen-bond acceptors (Lipinski definition) is 3. The van der Waals surface area contributed by atoms with E-state index in [1.165, 1.54) is 0 Å². The van der Waals surface area contributed by atoms with E-state index in [4.69, 9.17) is 5.10 Å². The third-order valence-corrected chi connectivity index (χ3v) is 5.58. The first-order chi connectivity index (χ1) is 16.3. The van der Waals surface area contributed by atoms with Crippen molar-refractivity contribution in [1.82, 2.24) is 14.7 Å². The van der Waals surface area contributed by atoms with E-state index in [0.717, 1.165) is 22.5 Å². The van der Waals surface area contributed by atoms with Crippen LogP contribution in [0.5, 0.6) is 0 Å². The number of nitrogens with one attached hydrogen (secondary N) is 1. The number of aromatic nitrogens is 2. The molecular formula is C29H38N4O2. The SMILES string of the molecule is Cc1cccc(-n2nc(C(C)(C)C)cc2NC(=O)CN(Cc2ccccc2)C(=O)CC(C)(C)C)c1. The standard InChI is InChI=1S/C29H38N4O2/c1-21-12-11-15-23(16-21)33-25(17-24(31-33)29(5,6)7)30-26(34)20-32(27(35)18-28(2,3)4)19-22-13-9-8-10-14-22/h8-17H,18-20H2,1-7H3,(H,30,34). The number of nitrogens with zero attached hydrogens (tertiary/aromatic N) is 3. The minimum atomic E-state index is -0.252. The van der Waals surface area contributed by atoms with Gasteiger partial charge in [0.2, 0.25) is 11.8 Å². The molecule has 0 aliphatic rings. The van der Waals surface area contributed by atoms with Gasteiger partial charge in [-0.15, -0.1) is 0 Å². The predicted molar refractivity (Wildman–Crippen MR) is 142 cm³/mol. The number of anilines is 1.